The lowest BCUT2D eigenvalue weighted by Gasteiger charge is -2.01. The molecule has 0 unspecified atom stereocenters. The molecule has 0 radical (unpaired) electrons. The molecule has 2 nitrogen and oxygen atoms in total. The molecule has 0 aliphatic rings. The summed E-state index contributed by atoms with van der Waals surface area (Å²) in [5.74, 6) is 0. The van der Waals surface area contributed by atoms with Crippen molar-refractivity contribution in [3.8, 4) is 0 Å². The monoisotopic (exact) mass is 386 g/mol. The smallest absolute Gasteiger partial charge is 0.0372 e. The fraction of sp³-hybridized carbons (Fsp3) is 0.750. The van der Waals surface area contributed by atoms with Gasteiger partial charge < -0.3 is 5.73 Å². The van der Waals surface area contributed by atoms with Crippen LogP contribution in [0.4, 0.5) is 0 Å². The molecular formula is C20H39BrN2. The highest BCUT2D eigenvalue weighted by molar-refractivity contribution is 8.93. The summed E-state index contributed by atoms with van der Waals surface area (Å²) in [6, 6.07) is 5.86. The fourth-order valence-corrected chi connectivity index (χ4v) is 2.43. The van der Waals surface area contributed by atoms with E-state index in [1.807, 2.05) is 25.1 Å². The minimum Gasteiger partial charge on any atom is -0.330 e. The van der Waals surface area contributed by atoms with Crippen LogP contribution >= 0.6 is 17.0 Å². The summed E-state index contributed by atoms with van der Waals surface area (Å²) < 4.78 is 0. The summed E-state index contributed by atoms with van der Waals surface area (Å²) in [4.78, 5) is 3.98. The van der Waals surface area contributed by atoms with Crippen molar-refractivity contribution in [1.29, 1.82) is 0 Å². The van der Waals surface area contributed by atoms with Crippen molar-refractivity contribution >= 4 is 17.0 Å². The number of nitrogens with zero attached hydrogens (tertiary/aromatic N) is 1. The van der Waals surface area contributed by atoms with Crippen LogP contribution in [-0.4, -0.2) is 11.5 Å². The van der Waals surface area contributed by atoms with Crippen LogP contribution in [0, 0.1) is 6.92 Å². The Morgan fingerprint density at radius 1 is 0.783 bits per heavy atom. The molecule has 0 atom stereocenters. The number of hydrogen-bond acceptors (Lipinski definition) is 2. The van der Waals surface area contributed by atoms with Crippen molar-refractivity contribution in [2.75, 3.05) is 6.54 Å². The summed E-state index contributed by atoms with van der Waals surface area (Å²) in [5, 5.41) is 0. The zero-order chi connectivity index (χ0) is 16.3. The van der Waals surface area contributed by atoms with Gasteiger partial charge in [0, 0.05) is 11.9 Å². The van der Waals surface area contributed by atoms with Crippen LogP contribution in [0.25, 0.3) is 0 Å². The normalized spacial score (nSPS) is 9.70. The van der Waals surface area contributed by atoms with Crippen molar-refractivity contribution in [1.82, 2.24) is 4.98 Å². The molecule has 1 heterocycles. The van der Waals surface area contributed by atoms with Gasteiger partial charge in [0.2, 0.25) is 0 Å². The number of nitrogens with two attached hydrogens (primary N) is 1. The summed E-state index contributed by atoms with van der Waals surface area (Å²) in [7, 11) is 0. The number of rotatable bonds is 12. The largest absolute Gasteiger partial charge is 0.330 e. The van der Waals surface area contributed by atoms with E-state index in [-0.39, 0.29) is 17.0 Å². The molecule has 3 heteroatoms. The van der Waals surface area contributed by atoms with Gasteiger partial charge in [-0.2, -0.15) is 0 Å². The number of aromatic nitrogens is 1. The Morgan fingerprint density at radius 3 is 1.57 bits per heavy atom. The summed E-state index contributed by atoms with van der Waals surface area (Å²) in [6.07, 6.45) is 18.7. The first-order chi connectivity index (χ1) is 10.8. The second-order valence-corrected chi connectivity index (χ2v) is 6.15. The summed E-state index contributed by atoms with van der Waals surface area (Å²) in [5.41, 5.74) is 6.52. The van der Waals surface area contributed by atoms with Gasteiger partial charge in [0.15, 0.2) is 0 Å². The lowest BCUT2D eigenvalue weighted by atomic mass is 10.1. The molecule has 1 rings (SSSR count). The van der Waals surface area contributed by atoms with Gasteiger partial charge in [-0.3, -0.25) is 4.98 Å². The third kappa shape index (κ3) is 21.6. The zero-order valence-electron chi connectivity index (χ0n) is 15.4. The average Bonchev–Trinajstić information content (AvgIpc) is 2.54. The third-order valence-electron chi connectivity index (χ3n) is 3.87. The molecule has 0 saturated heterocycles. The van der Waals surface area contributed by atoms with Gasteiger partial charge in [-0.05, 0) is 32.0 Å². The number of hydrogen-bond donors (Lipinski definition) is 1. The Hall–Kier alpha value is -0.410. The Balaban J connectivity index is 0. The van der Waals surface area contributed by atoms with Crippen LogP contribution < -0.4 is 5.73 Å². The van der Waals surface area contributed by atoms with Crippen molar-refractivity contribution in [3.63, 3.8) is 0 Å². The Labute approximate surface area is 155 Å². The lowest BCUT2D eigenvalue weighted by molar-refractivity contribution is 0.545. The van der Waals surface area contributed by atoms with Gasteiger partial charge in [-0.15, -0.1) is 17.0 Å². The number of halogens is 1. The zero-order valence-corrected chi connectivity index (χ0v) is 17.1. The molecule has 0 aliphatic heterocycles. The molecule has 1 aromatic rings. The highest BCUT2D eigenvalue weighted by Gasteiger charge is 1.92. The first-order valence-corrected chi connectivity index (χ1v) is 9.39. The van der Waals surface area contributed by atoms with Crippen LogP contribution in [0.5, 0.6) is 0 Å². The standard InChI is InChI=1S/C14H31N.C6H7N.BrH/c1-2-3-4-5-6-7-8-9-10-11-12-13-14-15;1-6-4-2-3-5-7-6;/h2-15H2,1H3;2-5H,1H3;1H. The number of pyridine rings is 1. The van der Waals surface area contributed by atoms with E-state index >= 15 is 0 Å². The molecule has 136 valence electrons. The van der Waals surface area contributed by atoms with Crippen LogP contribution in [0.15, 0.2) is 24.4 Å². The van der Waals surface area contributed by atoms with Gasteiger partial charge in [0.1, 0.15) is 0 Å². The maximum atomic E-state index is 5.45. The molecule has 0 spiro atoms. The quantitative estimate of drug-likeness (QED) is 0.410. The lowest BCUT2D eigenvalue weighted by Crippen LogP contribution is -1.97. The molecule has 1 aromatic heterocycles. The SMILES string of the molecule is Br.CCCCCCCCCCCCCCN.Cc1ccccn1. The molecule has 0 fully saturated rings. The van der Waals surface area contributed by atoms with E-state index in [2.05, 4.69) is 11.9 Å². The average molecular weight is 387 g/mol. The van der Waals surface area contributed by atoms with E-state index in [1.54, 1.807) is 6.20 Å². The molecule has 0 aliphatic carbocycles. The predicted molar refractivity (Wildman–Crippen MR) is 109 cm³/mol. The molecule has 0 amide bonds. The van der Waals surface area contributed by atoms with Crippen LogP contribution in [0.1, 0.15) is 89.7 Å². The van der Waals surface area contributed by atoms with Gasteiger partial charge >= 0.3 is 0 Å². The second-order valence-electron chi connectivity index (χ2n) is 6.15. The first-order valence-electron chi connectivity index (χ1n) is 9.39. The molecule has 23 heavy (non-hydrogen) atoms. The minimum absolute atomic E-state index is 0. The second kappa shape index (κ2) is 21.6. The van der Waals surface area contributed by atoms with Crippen molar-refractivity contribution in [3.05, 3.63) is 30.1 Å². The van der Waals surface area contributed by atoms with Crippen LogP contribution in [-0.2, 0) is 0 Å². The number of aryl methyl sites for hydroxylation is 1. The minimum atomic E-state index is 0. The van der Waals surface area contributed by atoms with Gasteiger partial charge in [0.25, 0.3) is 0 Å². The Morgan fingerprint density at radius 2 is 1.26 bits per heavy atom. The topological polar surface area (TPSA) is 38.9 Å². The summed E-state index contributed by atoms with van der Waals surface area (Å²) >= 11 is 0. The number of unbranched alkanes of at least 4 members (excludes halogenated alkanes) is 11. The van der Waals surface area contributed by atoms with Gasteiger partial charge in [0.05, 0.1) is 0 Å². The van der Waals surface area contributed by atoms with Crippen molar-refractivity contribution < 1.29 is 0 Å². The molecule has 0 saturated carbocycles. The van der Waals surface area contributed by atoms with Crippen molar-refractivity contribution in [2.24, 2.45) is 5.73 Å². The van der Waals surface area contributed by atoms with Gasteiger partial charge in [-0.1, -0.05) is 83.6 Å². The molecular weight excluding hydrogens is 348 g/mol. The third-order valence-corrected chi connectivity index (χ3v) is 3.87. The summed E-state index contributed by atoms with van der Waals surface area (Å²) in [6.45, 7) is 5.12. The fourth-order valence-electron chi connectivity index (χ4n) is 2.43. The Bertz CT molecular complexity index is 292. The van der Waals surface area contributed by atoms with Crippen molar-refractivity contribution in [2.45, 2.75) is 90.9 Å². The van der Waals surface area contributed by atoms with E-state index < -0.39 is 0 Å². The van der Waals surface area contributed by atoms with Crippen LogP contribution in [0.3, 0.4) is 0 Å². The molecule has 2 N–H and O–H groups in total. The van der Waals surface area contributed by atoms with E-state index in [1.165, 1.54) is 77.0 Å². The van der Waals surface area contributed by atoms with E-state index in [4.69, 9.17) is 5.73 Å². The molecule has 0 bridgehead atoms. The Kier molecular flexibility index (Phi) is 23.3. The van der Waals surface area contributed by atoms with Crippen LogP contribution in [0.2, 0.25) is 0 Å². The maximum absolute atomic E-state index is 5.45. The first kappa shape index (κ1) is 24.8. The van der Waals surface area contributed by atoms with E-state index in [9.17, 15) is 0 Å². The highest BCUT2D eigenvalue weighted by Crippen LogP contribution is 2.11. The van der Waals surface area contributed by atoms with Gasteiger partial charge in [-0.25, -0.2) is 0 Å². The maximum Gasteiger partial charge on any atom is 0.0372 e. The van der Waals surface area contributed by atoms with E-state index in [0.29, 0.717) is 0 Å². The predicted octanol–water partition coefficient (Wildman–Crippen LogP) is 6.61. The highest BCUT2D eigenvalue weighted by atomic mass is 79.9. The van der Waals surface area contributed by atoms with E-state index in [0.717, 1.165) is 12.2 Å². The molecule has 0 aromatic carbocycles.